The lowest BCUT2D eigenvalue weighted by atomic mass is 10.1. The molecule has 0 atom stereocenters. The number of halogens is 1. The van der Waals surface area contributed by atoms with Crippen LogP contribution < -0.4 is 10.5 Å². The first-order valence-corrected chi connectivity index (χ1v) is 6.59. The first-order valence-electron chi connectivity index (χ1n) is 4.32. The lowest BCUT2D eigenvalue weighted by Crippen LogP contribution is -2.14. The highest BCUT2D eigenvalue weighted by Gasteiger charge is 2.07. The molecule has 0 spiro atoms. The van der Waals surface area contributed by atoms with Gasteiger partial charge in [-0.2, -0.15) is 0 Å². The second kappa shape index (κ2) is 4.71. The van der Waals surface area contributed by atoms with Crippen molar-refractivity contribution in [3.63, 3.8) is 0 Å². The average Bonchev–Trinajstić information content (AvgIpc) is 2.06. The van der Waals surface area contributed by atoms with Crippen LogP contribution in [0.5, 0.6) is 0 Å². The highest BCUT2D eigenvalue weighted by Crippen LogP contribution is 2.23. The molecule has 0 aliphatic carbocycles. The van der Waals surface area contributed by atoms with Gasteiger partial charge in [-0.05, 0) is 17.7 Å². The van der Waals surface area contributed by atoms with E-state index in [1.807, 2.05) is 0 Å². The number of carbonyl (C=O) groups is 1. The van der Waals surface area contributed by atoms with Crippen LogP contribution in [-0.2, 0) is 21.2 Å². The van der Waals surface area contributed by atoms with Gasteiger partial charge in [-0.1, -0.05) is 17.7 Å². The number of rotatable bonds is 4. The van der Waals surface area contributed by atoms with Crippen molar-refractivity contribution in [2.24, 2.45) is 5.73 Å². The van der Waals surface area contributed by atoms with Crippen LogP contribution in [0, 0.1) is 0 Å². The van der Waals surface area contributed by atoms with Crippen LogP contribution in [0.25, 0.3) is 0 Å². The number of nitrogens with one attached hydrogen (secondary N) is 1. The van der Waals surface area contributed by atoms with Gasteiger partial charge in [0.25, 0.3) is 0 Å². The summed E-state index contributed by atoms with van der Waals surface area (Å²) in [6.07, 6.45) is 1.10. The Morgan fingerprint density at radius 2 is 2.12 bits per heavy atom. The Morgan fingerprint density at radius 1 is 1.50 bits per heavy atom. The van der Waals surface area contributed by atoms with Crippen molar-refractivity contribution in [3.8, 4) is 0 Å². The van der Waals surface area contributed by atoms with Crippen LogP contribution in [0.3, 0.4) is 0 Å². The molecule has 0 fully saturated rings. The Bertz CT molecular complexity index is 513. The van der Waals surface area contributed by atoms with Crippen molar-refractivity contribution in [1.29, 1.82) is 0 Å². The number of amides is 1. The van der Waals surface area contributed by atoms with E-state index in [1.165, 1.54) is 12.1 Å². The molecule has 0 unspecified atom stereocenters. The monoisotopic (exact) mass is 262 g/mol. The molecule has 0 radical (unpaired) electrons. The summed E-state index contributed by atoms with van der Waals surface area (Å²) in [6, 6.07) is 4.58. The maximum Gasteiger partial charge on any atom is 0.229 e. The third kappa shape index (κ3) is 4.08. The molecule has 1 aromatic carbocycles. The lowest BCUT2D eigenvalue weighted by Gasteiger charge is -2.07. The van der Waals surface area contributed by atoms with Crippen molar-refractivity contribution in [3.05, 3.63) is 28.8 Å². The molecule has 1 amide bonds. The first-order chi connectivity index (χ1) is 7.28. The highest BCUT2D eigenvalue weighted by atomic mass is 35.5. The van der Waals surface area contributed by atoms with Crippen molar-refractivity contribution in [2.75, 3.05) is 11.0 Å². The van der Waals surface area contributed by atoms with Crippen LogP contribution in [0.4, 0.5) is 5.69 Å². The van der Waals surface area contributed by atoms with Gasteiger partial charge in [0, 0.05) is 0 Å². The number of hydrogen-bond acceptors (Lipinski definition) is 3. The van der Waals surface area contributed by atoms with Gasteiger partial charge >= 0.3 is 0 Å². The quantitative estimate of drug-likeness (QED) is 0.839. The van der Waals surface area contributed by atoms with Crippen molar-refractivity contribution >= 4 is 33.2 Å². The van der Waals surface area contributed by atoms with E-state index in [4.69, 9.17) is 17.3 Å². The summed E-state index contributed by atoms with van der Waals surface area (Å²) < 4.78 is 24.2. The molecule has 5 nitrogen and oxygen atoms in total. The summed E-state index contributed by atoms with van der Waals surface area (Å²) in [4.78, 5) is 10.7. The fourth-order valence-corrected chi connectivity index (χ4v) is 2.04. The Kier molecular flexibility index (Phi) is 3.77. The van der Waals surface area contributed by atoms with Gasteiger partial charge in [-0.15, -0.1) is 0 Å². The van der Waals surface area contributed by atoms with Gasteiger partial charge < -0.3 is 5.73 Å². The molecule has 0 aliphatic rings. The lowest BCUT2D eigenvalue weighted by molar-refractivity contribution is -0.117. The molecular weight excluding hydrogens is 252 g/mol. The molecule has 1 rings (SSSR count). The van der Waals surface area contributed by atoms with E-state index in [-0.39, 0.29) is 17.1 Å². The fraction of sp³-hybridized carbons (Fsp3) is 0.222. The van der Waals surface area contributed by atoms with E-state index in [0.29, 0.717) is 5.56 Å². The number of benzene rings is 1. The number of primary amides is 1. The largest absolute Gasteiger partial charge is 0.369 e. The molecule has 0 aromatic heterocycles. The van der Waals surface area contributed by atoms with Gasteiger partial charge in [0.15, 0.2) is 0 Å². The standard InChI is InChI=1S/C9H11ClN2O3S/c1-16(14,15)12-8-3-2-6(4-7(8)10)5-9(11)13/h2-4,12H,5H2,1H3,(H2,11,13). The van der Waals surface area contributed by atoms with E-state index in [2.05, 4.69) is 4.72 Å². The third-order valence-electron chi connectivity index (χ3n) is 1.71. The number of sulfonamides is 1. The molecule has 0 bridgehead atoms. The molecule has 0 saturated heterocycles. The zero-order valence-electron chi connectivity index (χ0n) is 8.53. The summed E-state index contributed by atoms with van der Waals surface area (Å²) >= 11 is 5.84. The summed E-state index contributed by atoms with van der Waals surface area (Å²) in [5.41, 5.74) is 5.93. The topological polar surface area (TPSA) is 89.3 Å². The predicted molar refractivity (Wildman–Crippen MR) is 62.8 cm³/mol. The second-order valence-electron chi connectivity index (χ2n) is 3.33. The van der Waals surface area contributed by atoms with Gasteiger partial charge in [-0.3, -0.25) is 9.52 Å². The number of anilines is 1. The molecule has 7 heteroatoms. The molecule has 16 heavy (non-hydrogen) atoms. The maximum absolute atomic E-state index is 11.0. The van der Waals surface area contributed by atoms with Crippen LogP contribution in [-0.4, -0.2) is 20.6 Å². The highest BCUT2D eigenvalue weighted by molar-refractivity contribution is 7.92. The molecule has 0 heterocycles. The summed E-state index contributed by atoms with van der Waals surface area (Å²) in [5.74, 6) is -0.472. The number of nitrogens with two attached hydrogens (primary N) is 1. The summed E-state index contributed by atoms with van der Waals surface area (Å²) in [7, 11) is -3.36. The van der Waals surface area contributed by atoms with Gasteiger partial charge in [-0.25, -0.2) is 8.42 Å². The number of hydrogen-bond donors (Lipinski definition) is 2. The smallest absolute Gasteiger partial charge is 0.229 e. The van der Waals surface area contributed by atoms with Crippen LogP contribution in [0.2, 0.25) is 5.02 Å². The predicted octanol–water partition coefficient (Wildman–Crippen LogP) is 0.739. The minimum atomic E-state index is -3.36. The normalized spacial score (nSPS) is 11.1. The molecule has 3 N–H and O–H groups in total. The van der Waals surface area contributed by atoms with Gasteiger partial charge in [0.2, 0.25) is 15.9 Å². The second-order valence-corrected chi connectivity index (χ2v) is 5.49. The maximum atomic E-state index is 11.0. The Morgan fingerprint density at radius 3 is 2.56 bits per heavy atom. The van der Waals surface area contributed by atoms with Gasteiger partial charge in [0.1, 0.15) is 0 Å². The van der Waals surface area contributed by atoms with Crippen LogP contribution in [0.15, 0.2) is 18.2 Å². The molecule has 0 aliphatic heterocycles. The van der Waals surface area contributed by atoms with E-state index in [1.54, 1.807) is 6.07 Å². The third-order valence-corrected chi connectivity index (χ3v) is 2.61. The van der Waals surface area contributed by atoms with E-state index in [0.717, 1.165) is 6.26 Å². The first kappa shape index (κ1) is 12.8. The van der Waals surface area contributed by atoms with Crippen LogP contribution >= 0.6 is 11.6 Å². The zero-order chi connectivity index (χ0) is 12.3. The minimum Gasteiger partial charge on any atom is -0.369 e. The van der Waals surface area contributed by atoms with E-state index >= 15 is 0 Å². The molecule has 1 aromatic rings. The average molecular weight is 263 g/mol. The minimum absolute atomic E-state index is 0.0683. The zero-order valence-corrected chi connectivity index (χ0v) is 10.1. The molecular formula is C9H11ClN2O3S. The SMILES string of the molecule is CS(=O)(=O)Nc1ccc(CC(N)=O)cc1Cl. The molecule has 88 valence electrons. The van der Waals surface area contributed by atoms with Gasteiger partial charge in [0.05, 0.1) is 23.4 Å². The fourth-order valence-electron chi connectivity index (χ4n) is 1.15. The van der Waals surface area contributed by atoms with E-state index in [9.17, 15) is 13.2 Å². The van der Waals surface area contributed by atoms with Crippen molar-refractivity contribution in [1.82, 2.24) is 0 Å². The Hall–Kier alpha value is -1.27. The van der Waals surface area contributed by atoms with Crippen molar-refractivity contribution < 1.29 is 13.2 Å². The van der Waals surface area contributed by atoms with Crippen molar-refractivity contribution in [2.45, 2.75) is 6.42 Å². The number of carbonyl (C=O) groups excluding carboxylic acids is 1. The summed E-state index contributed by atoms with van der Waals surface area (Å²) in [5, 5.41) is 0.226. The summed E-state index contributed by atoms with van der Waals surface area (Å²) in [6.45, 7) is 0. The molecule has 0 saturated carbocycles. The Balaban J connectivity index is 2.96. The van der Waals surface area contributed by atoms with Crippen LogP contribution in [0.1, 0.15) is 5.56 Å². The van der Waals surface area contributed by atoms with E-state index < -0.39 is 15.9 Å². The Labute approximate surface area is 98.6 Å².